The van der Waals surface area contributed by atoms with Crippen LogP contribution in [-0.4, -0.2) is 18.1 Å². The third-order valence-electron chi connectivity index (χ3n) is 4.33. The third kappa shape index (κ3) is 2.63. The van der Waals surface area contributed by atoms with Crippen LogP contribution in [-0.2, 0) is 0 Å². The van der Waals surface area contributed by atoms with E-state index in [1.165, 1.54) is 5.69 Å². The summed E-state index contributed by atoms with van der Waals surface area (Å²) in [7, 11) is 0. The third-order valence-corrected chi connectivity index (χ3v) is 4.82. The minimum atomic E-state index is 0.422. The van der Waals surface area contributed by atoms with Gasteiger partial charge in [-0.3, -0.25) is 0 Å². The summed E-state index contributed by atoms with van der Waals surface area (Å²) in [5, 5.41) is 0. The Morgan fingerprint density at radius 2 is 1.82 bits per heavy atom. The standard InChI is InChI=1S/C18H17BrN2O/c19-14-6-7-17-16(12-14)20-18(22-17)13-8-10-21(11-9-13)15-4-2-1-3-5-15/h1-7,12-13H,8-11H2. The zero-order chi connectivity index (χ0) is 14.9. The number of hydrogen-bond acceptors (Lipinski definition) is 3. The molecule has 0 N–H and O–H groups in total. The highest BCUT2D eigenvalue weighted by atomic mass is 79.9. The van der Waals surface area contributed by atoms with Crippen LogP contribution in [0.5, 0.6) is 0 Å². The summed E-state index contributed by atoms with van der Waals surface area (Å²) in [4.78, 5) is 7.12. The summed E-state index contributed by atoms with van der Waals surface area (Å²) in [6.45, 7) is 2.11. The molecule has 0 bridgehead atoms. The highest BCUT2D eigenvalue weighted by Gasteiger charge is 2.24. The monoisotopic (exact) mass is 356 g/mol. The second-order valence-corrected chi connectivity index (χ2v) is 6.68. The van der Waals surface area contributed by atoms with Crippen molar-refractivity contribution in [2.75, 3.05) is 18.0 Å². The van der Waals surface area contributed by atoms with E-state index in [1.807, 2.05) is 18.2 Å². The lowest BCUT2D eigenvalue weighted by Gasteiger charge is -2.32. The van der Waals surface area contributed by atoms with Gasteiger partial charge in [-0.15, -0.1) is 0 Å². The Labute approximate surface area is 138 Å². The molecule has 0 amide bonds. The SMILES string of the molecule is Brc1ccc2oc(C3CCN(c4ccccc4)CC3)nc2c1. The number of fused-ring (bicyclic) bond motifs is 1. The maximum atomic E-state index is 5.95. The Bertz CT molecular complexity index is 776. The number of hydrogen-bond donors (Lipinski definition) is 0. The number of piperidine rings is 1. The van der Waals surface area contributed by atoms with Crippen molar-refractivity contribution in [2.24, 2.45) is 0 Å². The molecule has 112 valence electrons. The van der Waals surface area contributed by atoms with Crippen LogP contribution in [0.3, 0.4) is 0 Å². The van der Waals surface area contributed by atoms with Gasteiger partial charge in [-0.1, -0.05) is 34.1 Å². The van der Waals surface area contributed by atoms with Crippen LogP contribution in [0.2, 0.25) is 0 Å². The van der Waals surface area contributed by atoms with Crippen molar-refractivity contribution < 1.29 is 4.42 Å². The van der Waals surface area contributed by atoms with Crippen molar-refractivity contribution in [3.63, 3.8) is 0 Å². The lowest BCUT2D eigenvalue weighted by atomic mass is 9.96. The van der Waals surface area contributed by atoms with Crippen LogP contribution < -0.4 is 4.90 Å². The lowest BCUT2D eigenvalue weighted by Crippen LogP contribution is -2.32. The Morgan fingerprint density at radius 3 is 2.59 bits per heavy atom. The van der Waals surface area contributed by atoms with Crippen molar-refractivity contribution >= 4 is 32.7 Å². The van der Waals surface area contributed by atoms with Gasteiger partial charge in [-0.2, -0.15) is 0 Å². The lowest BCUT2D eigenvalue weighted by molar-refractivity contribution is 0.407. The summed E-state index contributed by atoms with van der Waals surface area (Å²) >= 11 is 3.48. The molecule has 1 fully saturated rings. The van der Waals surface area contributed by atoms with Gasteiger partial charge in [0.2, 0.25) is 0 Å². The maximum absolute atomic E-state index is 5.95. The molecular weight excluding hydrogens is 340 g/mol. The fourth-order valence-electron chi connectivity index (χ4n) is 3.12. The van der Waals surface area contributed by atoms with Gasteiger partial charge in [0.15, 0.2) is 11.5 Å². The van der Waals surface area contributed by atoms with Gasteiger partial charge >= 0.3 is 0 Å². The van der Waals surface area contributed by atoms with Gasteiger partial charge in [0.1, 0.15) is 5.52 Å². The van der Waals surface area contributed by atoms with Crippen molar-refractivity contribution in [3.05, 3.63) is 58.9 Å². The normalized spacial score (nSPS) is 16.3. The molecule has 3 aromatic rings. The number of anilines is 1. The average Bonchev–Trinajstić information content (AvgIpc) is 2.99. The van der Waals surface area contributed by atoms with Gasteiger partial charge < -0.3 is 9.32 Å². The number of nitrogens with zero attached hydrogens (tertiary/aromatic N) is 2. The second-order valence-electron chi connectivity index (χ2n) is 5.76. The molecule has 0 radical (unpaired) electrons. The van der Waals surface area contributed by atoms with E-state index in [9.17, 15) is 0 Å². The van der Waals surface area contributed by atoms with Gasteiger partial charge in [-0.25, -0.2) is 4.98 Å². The van der Waals surface area contributed by atoms with Crippen molar-refractivity contribution in [1.82, 2.24) is 4.98 Å². The van der Waals surface area contributed by atoms with Gasteiger partial charge in [0.25, 0.3) is 0 Å². The zero-order valence-corrected chi connectivity index (χ0v) is 13.8. The quantitative estimate of drug-likeness (QED) is 0.648. The highest BCUT2D eigenvalue weighted by Crippen LogP contribution is 2.32. The van der Waals surface area contributed by atoms with Crippen LogP contribution in [0.15, 0.2) is 57.4 Å². The van der Waals surface area contributed by atoms with E-state index in [4.69, 9.17) is 4.42 Å². The van der Waals surface area contributed by atoms with E-state index in [2.05, 4.69) is 56.1 Å². The summed E-state index contributed by atoms with van der Waals surface area (Å²) in [5.41, 5.74) is 3.13. The number of para-hydroxylation sites is 1. The highest BCUT2D eigenvalue weighted by molar-refractivity contribution is 9.10. The summed E-state index contributed by atoms with van der Waals surface area (Å²) in [6, 6.07) is 16.6. The molecule has 1 aliphatic heterocycles. The molecule has 4 rings (SSSR count). The number of halogens is 1. The molecule has 22 heavy (non-hydrogen) atoms. The van der Waals surface area contributed by atoms with Gasteiger partial charge in [0, 0.05) is 29.2 Å². The predicted molar refractivity (Wildman–Crippen MR) is 92.3 cm³/mol. The first-order chi connectivity index (χ1) is 10.8. The molecule has 3 nitrogen and oxygen atoms in total. The van der Waals surface area contributed by atoms with E-state index >= 15 is 0 Å². The Hall–Kier alpha value is -1.81. The van der Waals surface area contributed by atoms with Crippen LogP contribution in [0.4, 0.5) is 5.69 Å². The molecule has 1 saturated heterocycles. The van der Waals surface area contributed by atoms with Crippen LogP contribution in [0.1, 0.15) is 24.7 Å². The molecule has 0 spiro atoms. The van der Waals surface area contributed by atoms with E-state index in [0.717, 1.165) is 47.4 Å². The van der Waals surface area contributed by atoms with E-state index in [1.54, 1.807) is 0 Å². The Morgan fingerprint density at radius 1 is 1.05 bits per heavy atom. The minimum absolute atomic E-state index is 0.422. The van der Waals surface area contributed by atoms with Crippen molar-refractivity contribution in [1.29, 1.82) is 0 Å². The molecule has 0 unspecified atom stereocenters. The van der Waals surface area contributed by atoms with Crippen LogP contribution in [0, 0.1) is 0 Å². The first kappa shape index (κ1) is 13.8. The first-order valence-corrected chi connectivity index (χ1v) is 8.45. The van der Waals surface area contributed by atoms with Gasteiger partial charge in [0.05, 0.1) is 0 Å². The number of aromatic nitrogens is 1. The minimum Gasteiger partial charge on any atom is -0.440 e. The molecule has 1 aliphatic rings. The zero-order valence-electron chi connectivity index (χ0n) is 12.2. The first-order valence-electron chi connectivity index (χ1n) is 7.65. The Kier molecular flexibility index (Phi) is 3.62. The molecule has 0 saturated carbocycles. The fraction of sp³-hybridized carbons (Fsp3) is 0.278. The summed E-state index contributed by atoms with van der Waals surface area (Å²) in [5.74, 6) is 1.31. The van der Waals surface area contributed by atoms with Crippen molar-refractivity contribution in [3.8, 4) is 0 Å². The number of rotatable bonds is 2. The largest absolute Gasteiger partial charge is 0.440 e. The molecule has 2 aromatic carbocycles. The topological polar surface area (TPSA) is 29.3 Å². The molecule has 4 heteroatoms. The van der Waals surface area contributed by atoms with Gasteiger partial charge in [-0.05, 0) is 43.2 Å². The molecule has 1 aromatic heterocycles. The Balaban J connectivity index is 1.50. The van der Waals surface area contributed by atoms with E-state index in [0.29, 0.717) is 5.92 Å². The van der Waals surface area contributed by atoms with E-state index in [-0.39, 0.29) is 0 Å². The summed E-state index contributed by atoms with van der Waals surface area (Å²) in [6.07, 6.45) is 2.17. The van der Waals surface area contributed by atoms with Crippen LogP contribution in [0.25, 0.3) is 11.1 Å². The molecular formula is C18H17BrN2O. The van der Waals surface area contributed by atoms with Crippen molar-refractivity contribution in [2.45, 2.75) is 18.8 Å². The maximum Gasteiger partial charge on any atom is 0.198 e. The molecule has 2 heterocycles. The average molecular weight is 357 g/mol. The number of benzene rings is 2. The second kappa shape index (κ2) is 5.76. The molecule has 0 aliphatic carbocycles. The van der Waals surface area contributed by atoms with E-state index < -0.39 is 0 Å². The number of oxazole rings is 1. The summed E-state index contributed by atoms with van der Waals surface area (Å²) < 4.78 is 6.99. The predicted octanol–water partition coefficient (Wildman–Crippen LogP) is 4.97. The smallest absolute Gasteiger partial charge is 0.198 e. The fourth-order valence-corrected chi connectivity index (χ4v) is 3.47. The van der Waals surface area contributed by atoms with Crippen LogP contribution >= 0.6 is 15.9 Å². The molecule has 0 atom stereocenters.